The maximum absolute atomic E-state index is 13.5. The van der Waals surface area contributed by atoms with Gasteiger partial charge >= 0.3 is 0 Å². The van der Waals surface area contributed by atoms with E-state index in [-0.39, 0.29) is 10.7 Å². The van der Waals surface area contributed by atoms with Crippen LogP contribution >= 0.6 is 23.4 Å². The normalized spacial score (nSPS) is 13.7. The number of hydrogen-bond donors (Lipinski definition) is 4. The molecule has 0 saturated carbocycles. The Morgan fingerprint density at radius 1 is 0.865 bits per heavy atom. The van der Waals surface area contributed by atoms with Gasteiger partial charge in [-0.05, 0) is 77.4 Å². The first-order valence-electron chi connectivity index (χ1n) is 17.0. The van der Waals surface area contributed by atoms with E-state index in [0.29, 0.717) is 17.6 Å². The highest BCUT2D eigenvalue weighted by atomic mass is 35.5. The Morgan fingerprint density at radius 3 is 2.42 bits per heavy atom. The summed E-state index contributed by atoms with van der Waals surface area (Å²) in [5.41, 5.74) is 9.54. The van der Waals surface area contributed by atoms with E-state index >= 15 is 0 Å². The Balaban J connectivity index is 0.973. The number of halogens is 1. The number of anilines is 4. The summed E-state index contributed by atoms with van der Waals surface area (Å²) >= 11 is 7.87. The Labute approximate surface area is 313 Å². The van der Waals surface area contributed by atoms with Gasteiger partial charge in [0.05, 0.1) is 28.9 Å². The number of aromatic nitrogens is 2. The monoisotopic (exact) mass is 753 g/mol. The van der Waals surface area contributed by atoms with E-state index in [1.165, 1.54) is 23.1 Å². The fraction of sp³-hybridized carbons (Fsp3) is 0.205. The van der Waals surface area contributed by atoms with Gasteiger partial charge in [-0.15, -0.1) is 11.8 Å². The molecule has 268 valence electrons. The maximum atomic E-state index is 13.5. The lowest BCUT2D eigenvalue weighted by atomic mass is 9.99. The molecule has 5 aromatic carbocycles. The minimum Gasteiger partial charge on any atom is -0.382 e. The third-order valence-corrected chi connectivity index (χ3v) is 11.6. The summed E-state index contributed by atoms with van der Waals surface area (Å²) in [6.07, 6.45) is 0. The topological polar surface area (TPSA) is 115 Å². The molecule has 1 aliphatic rings. The number of H-pyrrole nitrogens is 1. The number of hydrogen-bond acceptors (Lipinski definition) is 9. The fourth-order valence-electron chi connectivity index (χ4n) is 6.35. The largest absolute Gasteiger partial charge is 0.382 e. The second-order valence-electron chi connectivity index (χ2n) is 12.4. The molecule has 0 atom stereocenters. The molecule has 0 spiro atoms. The van der Waals surface area contributed by atoms with Crippen LogP contribution in [0.25, 0.3) is 22.0 Å². The molecule has 6 aromatic rings. The van der Waals surface area contributed by atoms with Gasteiger partial charge < -0.3 is 10.2 Å². The average molecular weight is 754 g/mol. The van der Waals surface area contributed by atoms with Crippen molar-refractivity contribution in [1.29, 1.82) is 0 Å². The number of rotatable bonds is 14. The minimum atomic E-state index is -3.96. The number of nitrogens with zero attached hydrogens (tertiary/aromatic N) is 3. The molecular formula is C39H40ClN7O3S2. The quantitative estimate of drug-likeness (QED) is 0.0497. The van der Waals surface area contributed by atoms with Gasteiger partial charge in [-0.25, -0.2) is 8.42 Å². The maximum Gasteiger partial charge on any atom is 0.263 e. The summed E-state index contributed by atoms with van der Waals surface area (Å²) in [5, 5.41) is 12.1. The third-order valence-electron chi connectivity index (χ3n) is 9.02. The van der Waals surface area contributed by atoms with Gasteiger partial charge in [0.2, 0.25) is 0 Å². The number of benzene rings is 5. The van der Waals surface area contributed by atoms with E-state index in [1.54, 1.807) is 30.0 Å². The van der Waals surface area contributed by atoms with Gasteiger partial charge in [0.25, 0.3) is 10.0 Å². The Hall–Kier alpha value is -4.72. The van der Waals surface area contributed by atoms with Gasteiger partial charge in [0.15, 0.2) is 5.82 Å². The van der Waals surface area contributed by atoms with Crippen LogP contribution in [-0.4, -0.2) is 69.1 Å². The minimum absolute atomic E-state index is 0.0812. The van der Waals surface area contributed by atoms with Crippen molar-refractivity contribution >= 4 is 67.2 Å². The molecule has 0 radical (unpaired) electrons. The van der Waals surface area contributed by atoms with Crippen LogP contribution in [0.1, 0.15) is 5.56 Å². The number of sulfonamides is 1. The molecule has 0 bridgehead atoms. The fourth-order valence-corrected chi connectivity index (χ4v) is 8.32. The van der Waals surface area contributed by atoms with Crippen molar-refractivity contribution in [3.05, 3.63) is 126 Å². The molecule has 4 N–H and O–H groups in total. The number of aromatic amines is 1. The molecule has 0 aliphatic carbocycles. The molecule has 52 heavy (non-hydrogen) atoms. The van der Waals surface area contributed by atoms with E-state index in [4.69, 9.17) is 16.4 Å². The van der Waals surface area contributed by atoms with E-state index in [0.717, 1.165) is 66.0 Å². The standard InChI is InChI=1S/C39H40ClN7O3S2/c1-50-44-38-26-33(16-18-36(38)41-19-24-51-32-8-3-2-4-9-32)52(48,49)45-39-35-17-15-31(25-37(35)42-43-39)47-22-20-46(21-23-47)27-29-7-5-6-10-34(29)28-11-13-30(40)14-12-28/h2-18,25-26,41,44H,19-24,27H2,1H3,(H2,42,43,45). The number of piperazine rings is 1. The first kappa shape index (κ1) is 35.7. The zero-order chi connectivity index (χ0) is 35.9. The third kappa shape index (κ3) is 8.49. The molecular weight excluding hydrogens is 714 g/mol. The van der Waals surface area contributed by atoms with Crippen LogP contribution in [-0.2, 0) is 21.4 Å². The molecule has 0 unspecified atom stereocenters. The zero-order valence-corrected chi connectivity index (χ0v) is 31.1. The van der Waals surface area contributed by atoms with Crippen LogP contribution < -0.4 is 20.4 Å². The molecule has 1 saturated heterocycles. The smallest absolute Gasteiger partial charge is 0.263 e. The molecule has 1 aliphatic heterocycles. The summed E-state index contributed by atoms with van der Waals surface area (Å²) in [6.45, 7) is 5.13. The van der Waals surface area contributed by atoms with Crippen molar-refractivity contribution in [2.45, 2.75) is 16.3 Å². The van der Waals surface area contributed by atoms with Crippen LogP contribution in [0.4, 0.5) is 22.9 Å². The summed E-state index contributed by atoms with van der Waals surface area (Å²) in [4.78, 5) is 11.3. The molecule has 1 aromatic heterocycles. The first-order valence-corrected chi connectivity index (χ1v) is 19.9. The van der Waals surface area contributed by atoms with Gasteiger partial charge in [-0.1, -0.05) is 66.2 Å². The van der Waals surface area contributed by atoms with E-state index in [2.05, 4.69) is 84.0 Å². The lowest BCUT2D eigenvalue weighted by molar-refractivity contribution is 0.250. The molecule has 2 heterocycles. The lowest BCUT2D eigenvalue weighted by Crippen LogP contribution is -2.46. The Kier molecular flexibility index (Phi) is 11.2. The second-order valence-corrected chi connectivity index (χ2v) is 15.7. The van der Waals surface area contributed by atoms with Crippen molar-refractivity contribution in [1.82, 2.24) is 15.1 Å². The SMILES string of the molecule is CONc1cc(S(=O)(=O)Nc2n[nH]c3cc(N4CCN(Cc5ccccc5-c5ccc(Cl)cc5)CC4)ccc23)ccc1NCCSc1ccccc1. The zero-order valence-electron chi connectivity index (χ0n) is 28.7. The number of fused-ring (bicyclic) bond motifs is 1. The van der Waals surface area contributed by atoms with Crippen molar-refractivity contribution in [3.8, 4) is 11.1 Å². The Morgan fingerprint density at radius 2 is 1.63 bits per heavy atom. The van der Waals surface area contributed by atoms with Gasteiger partial charge in [0.1, 0.15) is 0 Å². The average Bonchev–Trinajstić information content (AvgIpc) is 3.56. The second kappa shape index (κ2) is 16.3. The Bertz CT molecular complexity index is 2230. The van der Waals surface area contributed by atoms with Crippen molar-refractivity contribution in [2.75, 3.05) is 66.0 Å². The number of thioether (sulfide) groups is 1. The summed E-state index contributed by atoms with van der Waals surface area (Å²) in [6, 6.07) is 37.5. The molecule has 0 amide bonds. The molecule has 1 fully saturated rings. The van der Waals surface area contributed by atoms with Crippen LogP contribution in [0.3, 0.4) is 0 Å². The van der Waals surface area contributed by atoms with E-state index in [1.807, 2.05) is 48.5 Å². The van der Waals surface area contributed by atoms with Gasteiger partial charge in [0, 0.05) is 66.0 Å². The van der Waals surface area contributed by atoms with E-state index in [9.17, 15) is 8.42 Å². The molecule has 13 heteroatoms. The van der Waals surface area contributed by atoms with Crippen LogP contribution in [0.2, 0.25) is 5.02 Å². The van der Waals surface area contributed by atoms with Crippen LogP contribution in [0.15, 0.2) is 125 Å². The summed E-state index contributed by atoms with van der Waals surface area (Å²) in [5.74, 6) is 1.08. The highest BCUT2D eigenvalue weighted by Gasteiger charge is 2.22. The predicted octanol–water partition coefficient (Wildman–Crippen LogP) is 8.18. The lowest BCUT2D eigenvalue weighted by Gasteiger charge is -2.36. The van der Waals surface area contributed by atoms with Gasteiger partial charge in [-0.3, -0.25) is 25.0 Å². The highest BCUT2D eigenvalue weighted by Crippen LogP contribution is 2.31. The van der Waals surface area contributed by atoms with E-state index < -0.39 is 10.0 Å². The van der Waals surface area contributed by atoms with Crippen molar-refractivity contribution < 1.29 is 13.3 Å². The first-order chi connectivity index (χ1) is 25.4. The summed E-state index contributed by atoms with van der Waals surface area (Å²) in [7, 11) is -2.47. The highest BCUT2D eigenvalue weighted by molar-refractivity contribution is 7.99. The van der Waals surface area contributed by atoms with Crippen molar-refractivity contribution in [2.24, 2.45) is 0 Å². The van der Waals surface area contributed by atoms with Gasteiger partial charge in [-0.2, -0.15) is 5.10 Å². The number of nitrogens with one attached hydrogen (secondary N) is 4. The molecule has 7 rings (SSSR count). The van der Waals surface area contributed by atoms with Crippen LogP contribution in [0.5, 0.6) is 0 Å². The van der Waals surface area contributed by atoms with Crippen LogP contribution in [0, 0.1) is 0 Å². The predicted molar refractivity (Wildman–Crippen MR) is 214 cm³/mol. The summed E-state index contributed by atoms with van der Waals surface area (Å²) < 4.78 is 29.8. The van der Waals surface area contributed by atoms with Crippen molar-refractivity contribution in [3.63, 3.8) is 0 Å². The molecule has 10 nitrogen and oxygen atoms in total.